The predicted octanol–water partition coefficient (Wildman–Crippen LogP) is -0.816. The summed E-state index contributed by atoms with van der Waals surface area (Å²) in [6.07, 6.45) is 1.68. The highest BCUT2D eigenvalue weighted by Crippen LogP contribution is 1.97. The van der Waals surface area contributed by atoms with E-state index in [1.165, 1.54) is 11.8 Å². The monoisotopic (exact) mass is 234 g/mol. The first-order valence-corrected chi connectivity index (χ1v) is 5.66. The van der Waals surface area contributed by atoms with E-state index in [2.05, 4.69) is 5.32 Å². The lowest BCUT2D eigenvalue weighted by atomic mass is 10.2. The van der Waals surface area contributed by atoms with E-state index < -0.39 is 23.8 Å². The second-order valence-electron chi connectivity index (χ2n) is 2.87. The summed E-state index contributed by atoms with van der Waals surface area (Å²) >= 11 is 1.48. The first-order valence-electron chi connectivity index (χ1n) is 4.26. The highest BCUT2D eigenvalue weighted by Gasteiger charge is 2.21. The third kappa shape index (κ3) is 6.78. The van der Waals surface area contributed by atoms with Gasteiger partial charge in [0.05, 0.1) is 6.42 Å². The summed E-state index contributed by atoms with van der Waals surface area (Å²) in [5, 5.41) is 10.9. The normalized spacial score (nSPS) is 11.8. The Morgan fingerprint density at radius 2 is 2.07 bits per heavy atom. The number of nitrogens with two attached hydrogens (primary N) is 1. The molecule has 0 heterocycles. The van der Waals surface area contributed by atoms with Crippen molar-refractivity contribution in [2.24, 2.45) is 5.73 Å². The van der Waals surface area contributed by atoms with Crippen LogP contribution in [0.4, 0.5) is 0 Å². The molecule has 0 saturated heterocycles. The number of carboxylic acid groups (broad SMARTS) is 1. The molecule has 0 aromatic rings. The third-order valence-corrected chi connectivity index (χ3v) is 2.18. The number of amides is 2. The molecule has 86 valence electrons. The Hall–Kier alpha value is -1.24. The van der Waals surface area contributed by atoms with Gasteiger partial charge in [-0.25, -0.2) is 4.79 Å². The lowest BCUT2D eigenvalue weighted by Gasteiger charge is -2.12. The van der Waals surface area contributed by atoms with Gasteiger partial charge in [-0.3, -0.25) is 9.59 Å². The second kappa shape index (κ2) is 7.10. The Morgan fingerprint density at radius 3 is 2.47 bits per heavy atom. The third-order valence-electron chi connectivity index (χ3n) is 1.57. The van der Waals surface area contributed by atoms with Gasteiger partial charge in [0.25, 0.3) is 0 Å². The van der Waals surface area contributed by atoms with Gasteiger partial charge in [-0.1, -0.05) is 0 Å². The maximum atomic E-state index is 11.2. The van der Waals surface area contributed by atoms with Crippen molar-refractivity contribution in [3.05, 3.63) is 0 Å². The van der Waals surface area contributed by atoms with Crippen LogP contribution in [0.3, 0.4) is 0 Å². The van der Waals surface area contributed by atoms with Crippen molar-refractivity contribution in [3.8, 4) is 0 Å². The van der Waals surface area contributed by atoms with Crippen LogP contribution in [0.25, 0.3) is 0 Å². The van der Waals surface area contributed by atoms with Gasteiger partial charge in [0, 0.05) is 12.2 Å². The average Bonchev–Trinajstić information content (AvgIpc) is 2.12. The molecule has 0 fully saturated rings. The quantitative estimate of drug-likeness (QED) is 0.533. The molecule has 7 heteroatoms. The van der Waals surface area contributed by atoms with Crippen LogP contribution in [0.15, 0.2) is 0 Å². The van der Waals surface area contributed by atoms with E-state index in [1.807, 2.05) is 6.26 Å². The van der Waals surface area contributed by atoms with Crippen LogP contribution >= 0.6 is 11.8 Å². The Bertz CT molecular complexity index is 257. The van der Waals surface area contributed by atoms with Crippen LogP contribution in [0.2, 0.25) is 0 Å². The van der Waals surface area contributed by atoms with Crippen molar-refractivity contribution >= 4 is 29.5 Å². The number of hydrogen-bond acceptors (Lipinski definition) is 4. The molecule has 0 rings (SSSR count). The van der Waals surface area contributed by atoms with E-state index in [4.69, 9.17) is 10.8 Å². The topological polar surface area (TPSA) is 109 Å². The van der Waals surface area contributed by atoms with Crippen molar-refractivity contribution in [3.63, 3.8) is 0 Å². The first kappa shape index (κ1) is 13.8. The zero-order valence-corrected chi connectivity index (χ0v) is 9.17. The van der Waals surface area contributed by atoms with E-state index in [0.717, 1.165) is 0 Å². The molecule has 0 aliphatic heterocycles. The van der Waals surface area contributed by atoms with Crippen LogP contribution in [0, 0.1) is 0 Å². The number of rotatable bonds is 7. The number of thioether (sulfide) groups is 1. The smallest absolute Gasteiger partial charge is 0.326 e. The van der Waals surface area contributed by atoms with Crippen LogP contribution in [0.1, 0.15) is 12.8 Å². The summed E-state index contributed by atoms with van der Waals surface area (Å²) in [4.78, 5) is 32.3. The largest absolute Gasteiger partial charge is 0.480 e. The Kier molecular flexibility index (Phi) is 6.52. The van der Waals surface area contributed by atoms with Gasteiger partial charge in [0.15, 0.2) is 0 Å². The lowest BCUT2D eigenvalue weighted by Crippen LogP contribution is -2.43. The zero-order chi connectivity index (χ0) is 11.8. The number of hydrogen-bond donors (Lipinski definition) is 3. The molecule has 1 atom stereocenters. The van der Waals surface area contributed by atoms with E-state index in [0.29, 0.717) is 5.75 Å². The number of carbonyl (C=O) groups excluding carboxylic acids is 2. The van der Waals surface area contributed by atoms with Gasteiger partial charge in [0.2, 0.25) is 11.8 Å². The van der Waals surface area contributed by atoms with Gasteiger partial charge in [-0.15, -0.1) is 0 Å². The number of aliphatic carboxylic acids is 1. The predicted molar refractivity (Wildman–Crippen MR) is 56.4 cm³/mol. The molecule has 0 radical (unpaired) electrons. The zero-order valence-electron chi connectivity index (χ0n) is 8.36. The Balaban J connectivity index is 4.10. The van der Waals surface area contributed by atoms with E-state index in [-0.39, 0.29) is 12.8 Å². The second-order valence-corrected chi connectivity index (χ2v) is 3.86. The highest BCUT2D eigenvalue weighted by atomic mass is 32.2. The number of nitrogens with one attached hydrogen (secondary N) is 1. The van der Waals surface area contributed by atoms with Crippen LogP contribution in [-0.4, -0.2) is 40.9 Å². The minimum Gasteiger partial charge on any atom is -0.480 e. The summed E-state index contributed by atoms with van der Waals surface area (Å²) in [7, 11) is 0. The van der Waals surface area contributed by atoms with Crippen molar-refractivity contribution in [1.82, 2.24) is 5.32 Å². The minimum absolute atomic E-state index is 0.226. The van der Waals surface area contributed by atoms with E-state index in [9.17, 15) is 14.4 Å². The van der Waals surface area contributed by atoms with Gasteiger partial charge >= 0.3 is 5.97 Å². The van der Waals surface area contributed by atoms with Crippen molar-refractivity contribution < 1.29 is 19.5 Å². The van der Waals surface area contributed by atoms with Crippen LogP contribution in [-0.2, 0) is 14.4 Å². The molecule has 0 aliphatic rings. The molecule has 2 amide bonds. The molecule has 0 aromatic carbocycles. The molecule has 0 saturated carbocycles. The summed E-state index contributed by atoms with van der Waals surface area (Å²) in [6.45, 7) is 0. The number of carbonyl (C=O) groups is 3. The standard InChI is InChI=1S/C8H14N2O4S/c1-15-3-2-7(12)10-5(8(13)14)4-6(9)11/h5H,2-4H2,1H3,(H2,9,11)(H,10,12)(H,13,14). The molecular weight excluding hydrogens is 220 g/mol. The Morgan fingerprint density at radius 1 is 1.47 bits per heavy atom. The molecule has 15 heavy (non-hydrogen) atoms. The molecule has 0 aromatic heterocycles. The molecule has 6 nitrogen and oxygen atoms in total. The van der Waals surface area contributed by atoms with Gasteiger partial charge in [0.1, 0.15) is 6.04 Å². The van der Waals surface area contributed by atoms with Gasteiger partial charge in [-0.2, -0.15) is 11.8 Å². The highest BCUT2D eigenvalue weighted by molar-refractivity contribution is 7.98. The molecular formula is C8H14N2O4S. The number of carboxylic acids is 1. The molecule has 0 aliphatic carbocycles. The fourth-order valence-electron chi connectivity index (χ4n) is 0.863. The maximum Gasteiger partial charge on any atom is 0.326 e. The van der Waals surface area contributed by atoms with Gasteiger partial charge < -0.3 is 16.2 Å². The number of primary amides is 1. The van der Waals surface area contributed by atoms with Crippen molar-refractivity contribution in [2.75, 3.05) is 12.0 Å². The molecule has 0 spiro atoms. The van der Waals surface area contributed by atoms with Crippen molar-refractivity contribution in [2.45, 2.75) is 18.9 Å². The molecule has 0 bridgehead atoms. The van der Waals surface area contributed by atoms with Crippen LogP contribution in [0.5, 0.6) is 0 Å². The first-order chi connectivity index (χ1) is 6.97. The summed E-state index contributed by atoms with van der Waals surface area (Å²) in [5.41, 5.74) is 4.85. The van der Waals surface area contributed by atoms with Crippen LogP contribution < -0.4 is 11.1 Å². The SMILES string of the molecule is CSCCC(=O)NC(CC(N)=O)C(=O)O. The average molecular weight is 234 g/mol. The van der Waals surface area contributed by atoms with Gasteiger partial charge in [-0.05, 0) is 6.26 Å². The maximum absolute atomic E-state index is 11.2. The fraction of sp³-hybridized carbons (Fsp3) is 0.625. The molecule has 4 N–H and O–H groups in total. The fourth-order valence-corrected chi connectivity index (χ4v) is 1.25. The summed E-state index contributed by atoms with van der Waals surface area (Å²) in [6, 6.07) is -1.23. The summed E-state index contributed by atoms with van der Waals surface area (Å²) < 4.78 is 0. The van der Waals surface area contributed by atoms with Crippen molar-refractivity contribution in [1.29, 1.82) is 0 Å². The van der Waals surface area contributed by atoms with E-state index in [1.54, 1.807) is 0 Å². The van der Waals surface area contributed by atoms with E-state index >= 15 is 0 Å². The summed E-state index contributed by atoms with van der Waals surface area (Å²) in [5.74, 6) is -1.80. The minimum atomic E-state index is -1.26. The Labute approximate surface area is 91.6 Å². The molecule has 1 unspecified atom stereocenters. The lowest BCUT2D eigenvalue weighted by molar-refractivity contribution is -0.143.